The van der Waals surface area contributed by atoms with Crippen LogP contribution in [-0.4, -0.2) is 34.3 Å². The van der Waals surface area contributed by atoms with Crippen LogP contribution in [0.5, 0.6) is 0 Å². The van der Waals surface area contributed by atoms with Crippen molar-refractivity contribution in [1.82, 2.24) is 15.1 Å². The maximum Gasteiger partial charge on any atom is 0.343 e. The number of amides is 1. The first kappa shape index (κ1) is 21.0. The third-order valence-electron chi connectivity index (χ3n) is 4.13. The summed E-state index contributed by atoms with van der Waals surface area (Å²) in [6.45, 7) is 7.54. The molecule has 0 unspecified atom stereocenters. The van der Waals surface area contributed by atoms with Crippen LogP contribution < -0.4 is 5.32 Å². The highest BCUT2D eigenvalue weighted by molar-refractivity contribution is 6.33. The molecule has 2 rings (SSSR count). The molecule has 0 radical (unpaired) electrons. The smallest absolute Gasteiger partial charge is 0.343 e. The van der Waals surface area contributed by atoms with Crippen molar-refractivity contribution in [3.05, 3.63) is 46.7 Å². The molecule has 1 N–H and O–H groups in total. The number of aryl methyl sites for hydroxylation is 1. The van der Waals surface area contributed by atoms with Crippen LogP contribution in [0.15, 0.2) is 30.3 Å². The molecule has 7 heteroatoms. The van der Waals surface area contributed by atoms with E-state index in [1.807, 2.05) is 37.3 Å². The van der Waals surface area contributed by atoms with Gasteiger partial charge in [0.25, 0.3) is 5.91 Å². The fourth-order valence-electron chi connectivity index (χ4n) is 2.65. The van der Waals surface area contributed by atoms with Crippen LogP contribution in [0.4, 0.5) is 0 Å². The van der Waals surface area contributed by atoms with Crippen molar-refractivity contribution in [1.29, 1.82) is 0 Å². The van der Waals surface area contributed by atoms with Gasteiger partial charge >= 0.3 is 5.97 Å². The van der Waals surface area contributed by atoms with E-state index in [1.165, 1.54) is 4.68 Å². The van der Waals surface area contributed by atoms with E-state index in [4.69, 9.17) is 16.3 Å². The van der Waals surface area contributed by atoms with E-state index in [1.54, 1.807) is 6.92 Å². The van der Waals surface area contributed by atoms with Crippen LogP contribution in [0.3, 0.4) is 0 Å². The highest BCUT2D eigenvalue weighted by atomic mass is 35.5. The SMILES string of the molecule is Cc1nn(-c2ccccc2)c(Cl)c1C(=O)OCC(=O)N[C@@H](C)CCC(C)C. The molecule has 0 aliphatic heterocycles. The highest BCUT2D eigenvalue weighted by Crippen LogP contribution is 2.24. The minimum Gasteiger partial charge on any atom is -0.452 e. The number of para-hydroxylation sites is 1. The first-order valence-electron chi connectivity index (χ1n) is 9.06. The van der Waals surface area contributed by atoms with E-state index in [2.05, 4.69) is 24.3 Å². The zero-order chi connectivity index (χ0) is 20.0. The summed E-state index contributed by atoms with van der Waals surface area (Å²) in [4.78, 5) is 24.4. The van der Waals surface area contributed by atoms with Gasteiger partial charge in [0.1, 0.15) is 10.7 Å². The Bertz CT molecular complexity index is 787. The first-order chi connectivity index (χ1) is 12.8. The average molecular weight is 392 g/mol. The van der Waals surface area contributed by atoms with Crippen molar-refractivity contribution in [2.24, 2.45) is 5.92 Å². The summed E-state index contributed by atoms with van der Waals surface area (Å²) in [7, 11) is 0. The fraction of sp³-hybridized carbons (Fsp3) is 0.450. The maximum atomic E-state index is 12.4. The average Bonchev–Trinajstić information content (AvgIpc) is 2.93. The predicted octanol–water partition coefficient (Wildman–Crippen LogP) is 3.93. The van der Waals surface area contributed by atoms with Crippen molar-refractivity contribution in [3.63, 3.8) is 0 Å². The molecule has 27 heavy (non-hydrogen) atoms. The summed E-state index contributed by atoms with van der Waals surface area (Å²) < 4.78 is 6.61. The third kappa shape index (κ3) is 5.82. The summed E-state index contributed by atoms with van der Waals surface area (Å²) in [5.41, 5.74) is 1.35. The van der Waals surface area contributed by atoms with E-state index in [0.29, 0.717) is 11.6 Å². The number of aromatic nitrogens is 2. The minimum atomic E-state index is -0.662. The number of carbonyl (C=O) groups is 2. The quantitative estimate of drug-likeness (QED) is 0.692. The fourth-order valence-corrected chi connectivity index (χ4v) is 3.00. The Labute approximate surface area is 164 Å². The van der Waals surface area contributed by atoms with Crippen LogP contribution in [-0.2, 0) is 9.53 Å². The molecule has 2 aromatic rings. The second kappa shape index (κ2) is 9.55. The number of rotatable bonds is 8. The maximum absolute atomic E-state index is 12.4. The minimum absolute atomic E-state index is 0.0322. The summed E-state index contributed by atoms with van der Waals surface area (Å²) >= 11 is 6.33. The molecule has 0 fully saturated rings. The van der Waals surface area contributed by atoms with Gasteiger partial charge in [-0.2, -0.15) is 5.10 Å². The van der Waals surface area contributed by atoms with Crippen molar-refractivity contribution in [3.8, 4) is 5.69 Å². The van der Waals surface area contributed by atoms with Gasteiger partial charge in [-0.25, -0.2) is 9.48 Å². The highest BCUT2D eigenvalue weighted by Gasteiger charge is 2.23. The van der Waals surface area contributed by atoms with Crippen LogP contribution >= 0.6 is 11.6 Å². The molecular formula is C20H26ClN3O3. The number of hydrogen-bond donors (Lipinski definition) is 1. The van der Waals surface area contributed by atoms with Gasteiger partial charge < -0.3 is 10.1 Å². The van der Waals surface area contributed by atoms with E-state index in [0.717, 1.165) is 18.5 Å². The lowest BCUT2D eigenvalue weighted by Crippen LogP contribution is -2.36. The Morgan fingerprint density at radius 1 is 1.19 bits per heavy atom. The van der Waals surface area contributed by atoms with Gasteiger partial charge in [-0.15, -0.1) is 0 Å². The second-order valence-electron chi connectivity index (χ2n) is 7.01. The zero-order valence-corrected chi connectivity index (χ0v) is 16.9. The molecule has 1 aromatic heterocycles. The van der Waals surface area contributed by atoms with E-state index < -0.39 is 5.97 Å². The van der Waals surface area contributed by atoms with Gasteiger partial charge in [-0.05, 0) is 44.7 Å². The van der Waals surface area contributed by atoms with Crippen LogP contribution in [0.1, 0.15) is 49.7 Å². The Kier molecular flexibility index (Phi) is 7.42. The Morgan fingerprint density at radius 2 is 1.85 bits per heavy atom. The molecule has 0 aliphatic carbocycles. The van der Waals surface area contributed by atoms with Crippen LogP contribution in [0.2, 0.25) is 5.15 Å². The number of hydrogen-bond acceptors (Lipinski definition) is 4. The molecule has 6 nitrogen and oxygen atoms in total. The standard InChI is InChI=1S/C20H26ClN3O3/c1-13(2)10-11-14(3)22-17(25)12-27-20(26)18-15(4)23-24(19(18)21)16-8-6-5-7-9-16/h5-9,13-14H,10-12H2,1-4H3,(H,22,25)/t14-/m0/s1. The summed E-state index contributed by atoms with van der Waals surface area (Å²) in [5, 5.41) is 7.29. The topological polar surface area (TPSA) is 73.2 Å². The molecule has 0 bridgehead atoms. The molecule has 146 valence electrons. The number of nitrogens with zero attached hydrogens (tertiary/aromatic N) is 2. The summed E-state index contributed by atoms with van der Waals surface area (Å²) in [5.74, 6) is -0.415. The molecule has 1 heterocycles. The van der Waals surface area contributed by atoms with Crippen molar-refractivity contribution in [2.45, 2.75) is 46.6 Å². The zero-order valence-electron chi connectivity index (χ0n) is 16.2. The molecular weight excluding hydrogens is 366 g/mol. The number of halogens is 1. The lowest BCUT2D eigenvalue weighted by atomic mass is 10.0. The normalized spacial score (nSPS) is 12.1. The van der Waals surface area contributed by atoms with E-state index in [9.17, 15) is 9.59 Å². The molecule has 1 aromatic carbocycles. The number of nitrogens with one attached hydrogen (secondary N) is 1. The van der Waals surface area contributed by atoms with E-state index in [-0.39, 0.29) is 29.3 Å². The van der Waals surface area contributed by atoms with Gasteiger partial charge in [0, 0.05) is 6.04 Å². The Morgan fingerprint density at radius 3 is 2.48 bits per heavy atom. The van der Waals surface area contributed by atoms with Gasteiger partial charge in [-0.1, -0.05) is 43.6 Å². The molecule has 1 atom stereocenters. The molecule has 0 aliphatic rings. The van der Waals surface area contributed by atoms with Crippen LogP contribution in [0, 0.1) is 12.8 Å². The number of carbonyl (C=O) groups excluding carboxylic acids is 2. The largest absolute Gasteiger partial charge is 0.452 e. The summed E-state index contributed by atoms with van der Waals surface area (Å²) in [6.07, 6.45) is 1.90. The Balaban J connectivity index is 1.96. The Hall–Kier alpha value is -2.34. The molecule has 0 saturated carbocycles. The number of ether oxygens (including phenoxy) is 1. The van der Waals surface area contributed by atoms with Crippen molar-refractivity contribution in [2.75, 3.05) is 6.61 Å². The van der Waals surface area contributed by atoms with Crippen LogP contribution in [0.25, 0.3) is 5.69 Å². The predicted molar refractivity (Wildman–Crippen MR) is 105 cm³/mol. The van der Waals surface area contributed by atoms with Gasteiger partial charge in [-0.3, -0.25) is 4.79 Å². The number of benzene rings is 1. The lowest BCUT2D eigenvalue weighted by Gasteiger charge is -2.15. The van der Waals surface area contributed by atoms with Gasteiger partial charge in [0.15, 0.2) is 6.61 Å². The third-order valence-corrected chi connectivity index (χ3v) is 4.48. The first-order valence-corrected chi connectivity index (χ1v) is 9.44. The molecule has 1 amide bonds. The van der Waals surface area contributed by atoms with Gasteiger partial charge in [0.05, 0.1) is 11.4 Å². The molecule has 0 spiro atoms. The van der Waals surface area contributed by atoms with Crippen molar-refractivity contribution < 1.29 is 14.3 Å². The second-order valence-corrected chi connectivity index (χ2v) is 7.37. The van der Waals surface area contributed by atoms with E-state index >= 15 is 0 Å². The van der Waals surface area contributed by atoms with Crippen molar-refractivity contribution >= 4 is 23.5 Å². The molecule has 0 saturated heterocycles. The lowest BCUT2D eigenvalue weighted by molar-refractivity contribution is -0.124. The number of esters is 1. The summed E-state index contributed by atoms with van der Waals surface area (Å²) in [6, 6.07) is 9.28. The monoisotopic (exact) mass is 391 g/mol. The van der Waals surface area contributed by atoms with Gasteiger partial charge in [0.2, 0.25) is 0 Å².